The molecule has 0 N–H and O–H groups in total. The molecule has 7 nitrogen and oxygen atoms in total. The summed E-state index contributed by atoms with van der Waals surface area (Å²) in [6.07, 6.45) is 3.69. The molecule has 7 heteroatoms. The first-order valence-electron chi connectivity index (χ1n) is 8.14. The topological polar surface area (TPSA) is 73.8 Å². The van der Waals surface area contributed by atoms with E-state index in [2.05, 4.69) is 9.97 Å². The average molecular weight is 343 g/mol. The molecule has 2 heterocycles. The quantitative estimate of drug-likeness (QED) is 0.797. The van der Waals surface area contributed by atoms with Gasteiger partial charge in [-0.15, -0.1) is 0 Å². The molecule has 1 saturated heterocycles. The molecular formula is C18H21N3O4. The van der Waals surface area contributed by atoms with Crippen LogP contribution in [0.25, 0.3) is 0 Å². The van der Waals surface area contributed by atoms with E-state index < -0.39 is 0 Å². The highest BCUT2D eigenvalue weighted by Gasteiger charge is 2.28. The lowest BCUT2D eigenvalue weighted by atomic mass is 10.2. The number of nitrogens with zero attached hydrogens (tertiary/aromatic N) is 3. The van der Waals surface area contributed by atoms with E-state index in [1.807, 2.05) is 31.2 Å². The van der Waals surface area contributed by atoms with Crippen molar-refractivity contribution in [2.75, 3.05) is 26.8 Å². The van der Waals surface area contributed by atoms with Crippen molar-refractivity contribution in [3.63, 3.8) is 0 Å². The van der Waals surface area contributed by atoms with Crippen molar-refractivity contribution >= 4 is 5.91 Å². The number of methoxy groups -OCH3 is 1. The zero-order valence-electron chi connectivity index (χ0n) is 14.3. The van der Waals surface area contributed by atoms with Crippen LogP contribution in [0.4, 0.5) is 0 Å². The second kappa shape index (κ2) is 7.83. The lowest BCUT2D eigenvalue weighted by Gasteiger charge is -2.17. The lowest BCUT2D eigenvalue weighted by molar-refractivity contribution is -0.132. The molecule has 0 spiro atoms. The molecule has 0 unspecified atom stereocenters. The molecule has 1 amide bonds. The van der Waals surface area contributed by atoms with E-state index in [0.717, 1.165) is 12.0 Å². The summed E-state index contributed by atoms with van der Waals surface area (Å²) in [5, 5.41) is 0. The minimum atomic E-state index is -0.107. The largest absolute Gasteiger partial charge is 0.484 e. The Hall–Kier alpha value is -2.83. The molecule has 2 aromatic rings. The minimum absolute atomic E-state index is 0.0230. The van der Waals surface area contributed by atoms with Crippen molar-refractivity contribution in [3.05, 3.63) is 42.2 Å². The van der Waals surface area contributed by atoms with Crippen LogP contribution in [0.15, 0.2) is 36.7 Å². The summed E-state index contributed by atoms with van der Waals surface area (Å²) in [4.78, 5) is 22.2. The van der Waals surface area contributed by atoms with E-state index in [9.17, 15) is 4.79 Å². The average Bonchev–Trinajstić information content (AvgIpc) is 3.08. The van der Waals surface area contributed by atoms with E-state index in [0.29, 0.717) is 30.6 Å². The van der Waals surface area contributed by atoms with Gasteiger partial charge in [-0.05, 0) is 24.6 Å². The molecule has 1 fully saturated rings. The number of carbonyl (C=O) groups excluding carboxylic acids is 1. The summed E-state index contributed by atoms with van der Waals surface area (Å²) >= 11 is 0. The van der Waals surface area contributed by atoms with E-state index in [-0.39, 0.29) is 18.6 Å². The van der Waals surface area contributed by atoms with E-state index in [4.69, 9.17) is 14.2 Å². The van der Waals surface area contributed by atoms with Crippen molar-refractivity contribution in [2.24, 2.45) is 0 Å². The molecule has 1 aromatic heterocycles. The van der Waals surface area contributed by atoms with Crippen molar-refractivity contribution in [1.82, 2.24) is 14.9 Å². The van der Waals surface area contributed by atoms with Gasteiger partial charge in [0.15, 0.2) is 6.61 Å². The molecular weight excluding hydrogens is 322 g/mol. The van der Waals surface area contributed by atoms with Gasteiger partial charge >= 0.3 is 0 Å². The number of amides is 1. The Kier molecular flexibility index (Phi) is 5.33. The number of hydrogen-bond acceptors (Lipinski definition) is 6. The molecule has 0 radical (unpaired) electrons. The summed E-state index contributed by atoms with van der Waals surface area (Å²) in [5.74, 6) is 1.45. The van der Waals surface area contributed by atoms with Crippen LogP contribution in [-0.4, -0.2) is 53.7 Å². The van der Waals surface area contributed by atoms with Gasteiger partial charge in [-0.1, -0.05) is 12.1 Å². The molecule has 0 bridgehead atoms. The maximum atomic E-state index is 12.3. The van der Waals surface area contributed by atoms with Crippen LogP contribution in [0.5, 0.6) is 17.5 Å². The van der Waals surface area contributed by atoms with Gasteiger partial charge in [-0.3, -0.25) is 9.78 Å². The van der Waals surface area contributed by atoms with Crippen LogP contribution < -0.4 is 14.2 Å². The first-order valence-corrected chi connectivity index (χ1v) is 8.14. The minimum Gasteiger partial charge on any atom is -0.484 e. The highest BCUT2D eigenvalue weighted by molar-refractivity contribution is 5.78. The Bertz CT molecular complexity index is 738. The van der Waals surface area contributed by atoms with Crippen LogP contribution in [-0.2, 0) is 4.79 Å². The highest BCUT2D eigenvalue weighted by atomic mass is 16.5. The fourth-order valence-electron chi connectivity index (χ4n) is 2.65. The molecule has 132 valence electrons. The van der Waals surface area contributed by atoms with Gasteiger partial charge in [-0.25, -0.2) is 0 Å². The van der Waals surface area contributed by atoms with Crippen molar-refractivity contribution in [3.8, 4) is 17.5 Å². The molecule has 25 heavy (non-hydrogen) atoms. The van der Waals surface area contributed by atoms with Gasteiger partial charge in [0.05, 0.1) is 26.0 Å². The van der Waals surface area contributed by atoms with E-state index in [1.165, 1.54) is 19.5 Å². The van der Waals surface area contributed by atoms with Gasteiger partial charge < -0.3 is 19.1 Å². The van der Waals surface area contributed by atoms with Crippen molar-refractivity contribution in [1.29, 1.82) is 0 Å². The Morgan fingerprint density at radius 3 is 2.96 bits per heavy atom. The number of rotatable bonds is 6. The molecule has 1 aliphatic rings. The molecule has 1 aliphatic heterocycles. The first kappa shape index (κ1) is 17.0. The SMILES string of the molecule is COc1cncc(O[C@H]2CCN(C(=O)COc3cccc(C)c3)C2)n1. The smallest absolute Gasteiger partial charge is 0.260 e. The van der Waals surface area contributed by atoms with E-state index >= 15 is 0 Å². The summed E-state index contributed by atoms with van der Waals surface area (Å²) < 4.78 is 16.4. The van der Waals surface area contributed by atoms with Gasteiger partial charge in [0.2, 0.25) is 11.8 Å². The number of benzene rings is 1. The predicted octanol–water partition coefficient (Wildman–Crippen LogP) is 1.85. The normalized spacial score (nSPS) is 16.6. The van der Waals surface area contributed by atoms with Crippen molar-refractivity contribution < 1.29 is 19.0 Å². The Balaban J connectivity index is 1.49. The number of carbonyl (C=O) groups is 1. The second-order valence-corrected chi connectivity index (χ2v) is 5.87. The maximum absolute atomic E-state index is 12.3. The monoisotopic (exact) mass is 343 g/mol. The van der Waals surface area contributed by atoms with Crippen LogP contribution >= 0.6 is 0 Å². The maximum Gasteiger partial charge on any atom is 0.260 e. The van der Waals surface area contributed by atoms with Crippen molar-refractivity contribution in [2.45, 2.75) is 19.4 Å². The second-order valence-electron chi connectivity index (χ2n) is 5.87. The highest BCUT2D eigenvalue weighted by Crippen LogP contribution is 2.18. The molecule has 0 saturated carbocycles. The Morgan fingerprint density at radius 2 is 2.16 bits per heavy atom. The summed E-state index contributed by atoms with van der Waals surface area (Å²) in [5.41, 5.74) is 1.10. The third kappa shape index (κ3) is 4.59. The van der Waals surface area contributed by atoms with Crippen LogP contribution in [0.3, 0.4) is 0 Å². The molecule has 3 rings (SSSR count). The third-order valence-electron chi connectivity index (χ3n) is 3.94. The molecule has 0 aliphatic carbocycles. The van der Waals surface area contributed by atoms with Crippen LogP contribution in [0.2, 0.25) is 0 Å². The van der Waals surface area contributed by atoms with Crippen LogP contribution in [0, 0.1) is 6.92 Å². The van der Waals surface area contributed by atoms with Gasteiger partial charge in [-0.2, -0.15) is 4.98 Å². The fraction of sp³-hybridized carbons (Fsp3) is 0.389. The van der Waals surface area contributed by atoms with Crippen LogP contribution in [0.1, 0.15) is 12.0 Å². The third-order valence-corrected chi connectivity index (χ3v) is 3.94. The standard InChI is InChI=1S/C18H21N3O4/c1-13-4-3-5-14(8-13)24-12-18(22)21-7-6-15(11-21)25-17-10-19-9-16(20-17)23-2/h3-5,8-10,15H,6-7,11-12H2,1-2H3/t15-/m0/s1. The summed E-state index contributed by atoms with van der Waals surface area (Å²) in [6, 6.07) is 7.64. The number of aromatic nitrogens is 2. The summed E-state index contributed by atoms with van der Waals surface area (Å²) in [7, 11) is 1.53. The van der Waals surface area contributed by atoms with Gasteiger partial charge in [0, 0.05) is 13.0 Å². The molecule has 1 atom stereocenters. The summed E-state index contributed by atoms with van der Waals surface area (Å²) in [6.45, 7) is 3.15. The van der Waals surface area contributed by atoms with Gasteiger partial charge in [0.25, 0.3) is 5.91 Å². The number of likely N-dealkylation sites (tertiary alicyclic amines) is 1. The zero-order chi connectivity index (χ0) is 17.6. The number of hydrogen-bond donors (Lipinski definition) is 0. The zero-order valence-corrected chi connectivity index (χ0v) is 14.3. The molecule has 1 aromatic carbocycles. The number of ether oxygens (including phenoxy) is 3. The first-order chi connectivity index (χ1) is 12.1. The predicted molar refractivity (Wildman–Crippen MR) is 90.9 cm³/mol. The van der Waals surface area contributed by atoms with Gasteiger partial charge in [0.1, 0.15) is 11.9 Å². The van der Waals surface area contributed by atoms with E-state index in [1.54, 1.807) is 4.90 Å². The Morgan fingerprint density at radius 1 is 1.32 bits per heavy atom. The Labute approximate surface area is 146 Å². The lowest BCUT2D eigenvalue weighted by Crippen LogP contribution is -2.34. The fourth-order valence-corrected chi connectivity index (χ4v) is 2.65. The number of aryl methyl sites for hydroxylation is 1.